The predicted octanol–water partition coefficient (Wildman–Crippen LogP) is 0.913. The standard InChI is InChI=1S/C19H30N5O10P.C4H6O6/c1-12(2)33-18(25)28-9-31-35(27,32-10-29-19(26)34-13(3)4)11-30-14(5)6-24-8-23-15-16(20)21-7-22-17(15)24;5-1(3(7)8)2(6)4(9)10/h7-8,12-14H,6,9-11H2,1-5H3,(H2,20,21,22);1-2,5-6H,(H,7,8)(H,9,10)/t14-;/m1./s1. The number of fused-ring (bicyclic) bond motifs is 1. The minimum Gasteiger partial charge on any atom is -0.479 e. The molecule has 0 aliphatic heterocycles. The molecule has 254 valence electrons. The summed E-state index contributed by atoms with van der Waals surface area (Å²) in [6.45, 7) is 6.98. The highest BCUT2D eigenvalue weighted by Gasteiger charge is 2.30. The van der Waals surface area contributed by atoms with Crippen LogP contribution in [0.5, 0.6) is 0 Å². The third kappa shape index (κ3) is 14.5. The van der Waals surface area contributed by atoms with E-state index >= 15 is 0 Å². The molecule has 0 spiro atoms. The zero-order valence-corrected chi connectivity index (χ0v) is 25.8. The topological polar surface area (TPSA) is 300 Å². The molecule has 22 heteroatoms. The fourth-order valence-electron chi connectivity index (χ4n) is 2.72. The minimum absolute atomic E-state index is 0.237. The van der Waals surface area contributed by atoms with Crippen LogP contribution in [0, 0.1) is 0 Å². The van der Waals surface area contributed by atoms with Gasteiger partial charge in [-0.15, -0.1) is 0 Å². The SMILES string of the molecule is CC(C)OC(=O)OCOP(=O)(CO[C@H](C)Cn1cnc2c(N)ncnc21)OCOC(=O)OC(C)C.O=C(O)C(O)C(O)C(=O)O. The number of anilines is 1. The number of aliphatic hydroxyl groups is 2. The Bertz CT molecular complexity index is 1270. The maximum Gasteiger partial charge on any atom is 0.510 e. The Morgan fingerprint density at radius 1 is 0.867 bits per heavy atom. The molecule has 0 fully saturated rings. The Balaban J connectivity index is 0.000000868. The molecule has 0 aliphatic rings. The van der Waals surface area contributed by atoms with Crippen LogP contribution in [0.2, 0.25) is 0 Å². The lowest BCUT2D eigenvalue weighted by Gasteiger charge is -2.21. The third-order valence-corrected chi connectivity index (χ3v) is 6.18. The van der Waals surface area contributed by atoms with E-state index in [1.807, 2.05) is 0 Å². The zero-order valence-electron chi connectivity index (χ0n) is 24.9. The van der Waals surface area contributed by atoms with Crippen molar-refractivity contribution in [1.29, 1.82) is 0 Å². The number of rotatable bonds is 16. The average Bonchev–Trinajstić information content (AvgIpc) is 3.34. The van der Waals surface area contributed by atoms with E-state index in [0.717, 1.165) is 0 Å². The van der Waals surface area contributed by atoms with E-state index < -0.39 is 82.3 Å². The molecular weight excluding hydrogens is 633 g/mol. The van der Waals surface area contributed by atoms with Gasteiger partial charge in [-0.05, 0) is 34.6 Å². The molecule has 0 saturated carbocycles. The molecule has 0 saturated heterocycles. The van der Waals surface area contributed by atoms with E-state index in [1.54, 1.807) is 39.2 Å². The number of hydrogen-bond donors (Lipinski definition) is 5. The lowest BCUT2D eigenvalue weighted by molar-refractivity contribution is -0.165. The smallest absolute Gasteiger partial charge is 0.479 e. The van der Waals surface area contributed by atoms with Gasteiger partial charge in [-0.1, -0.05) is 0 Å². The van der Waals surface area contributed by atoms with Crippen LogP contribution in [-0.4, -0.2) is 115 Å². The van der Waals surface area contributed by atoms with Gasteiger partial charge in [0.2, 0.25) is 13.6 Å². The van der Waals surface area contributed by atoms with Gasteiger partial charge in [0.05, 0.1) is 31.2 Å². The van der Waals surface area contributed by atoms with Gasteiger partial charge in [0, 0.05) is 0 Å². The third-order valence-electron chi connectivity index (χ3n) is 4.72. The number of carboxylic acids is 2. The highest BCUT2D eigenvalue weighted by Crippen LogP contribution is 2.48. The van der Waals surface area contributed by atoms with Crippen molar-refractivity contribution >= 4 is 48.8 Å². The number of imidazole rings is 1. The molecule has 0 aromatic carbocycles. The van der Waals surface area contributed by atoms with Crippen molar-refractivity contribution in [2.45, 2.75) is 71.7 Å². The first-order chi connectivity index (χ1) is 21.0. The Labute approximate surface area is 255 Å². The van der Waals surface area contributed by atoms with Gasteiger partial charge >= 0.3 is 31.8 Å². The van der Waals surface area contributed by atoms with E-state index in [4.69, 9.17) is 58.9 Å². The van der Waals surface area contributed by atoms with Gasteiger partial charge in [-0.25, -0.2) is 34.1 Å². The van der Waals surface area contributed by atoms with Crippen LogP contribution < -0.4 is 5.73 Å². The van der Waals surface area contributed by atoms with Crippen molar-refractivity contribution in [3.05, 3.63) is 12.7 Å². The summed E-state index contributed by atoms with van der Waals surface area (Å²) in [5, 5.41) is 32.5. The van der Waals surface area contributed by atoms with Crippen molar-refractivity contribution in [3.63, 3.8) is 0 Å². The fraction of sp³-hybridized carbons (Fsp3) is 0.609. The summed E-state index contributed by atoms with van der Waals surface area (Å²) in [4.78, 5) is 54.8. The monoisotopic (exact) mass is 669 g/mol. The van der Waals surface area contributed by atoms with E-state index in [2.05, 4.69) is 15.0 Å². The lowest BCUT2D eigenvalue weighted by Crippen LogP contribution is -2.39. The normalized spacial score (nSPS) is 13.4. The van der Waals surface area contributed by atoms with Crippen molar-refractivity contribution in [3.8, 4) is 0 Å². The maximum absolute atomic E-state index is 13.1. The van der Waals surface area contributed by atoms with Gasteiger partial charge in [0.15, 0.2) is 23.7 Å². The number of nitrogen functional groups attached to an aromatic ring is 1. The first-order valence-corrected chi connectivity index (χ1v) is 14.6. The second-order valence-corrected chi connectivity index (χ2v) is 11.2. The van der Waals surface area contributed by atoms with Gasteiger partial charge in [0.1, 0.15) is 18.2 Å². The average molecular weight is 670 g/mol. The van der Waals surface area contributed by atoms with Gasteiger partial charge in [-0.3, -0.25) is 13.6 Å². The minimum atomic E-state index is -4.06. The second-order valence-electron chi connectivity index (χ2n) is 9.23. The number of aromatic nitrogens is 4. The number of nitrogens with zero attached hydrogens (tertiary/aromatic N) is 4. The summed E-state index contributed by atoms with van der Waals surface area (Å²) in [5.41, 5.74) is 6.72. The van der Waals surface area contributed by atoms with Crippen molar-refractivity contribution in [1.82, 2.24) is 19.5 Å². The number of aliphatic carboxylic acids is 2. The quantitative estimate of drug-likeness (QED) is 0.0942. The Kier molecular flexibility index (Phi) is 16.1. The second kappa shape index (κ2) is 18.6. The van der Waals surface area contributed by atoms with Crippen LogP contribution in [0.15, 0.2) is 12.7 Å². The number of ether oxygens (including phenoxy) is 5. The summed E-state index contributed by atoms with van der Waals surface area (Å²) >= 11 is 0. The number of hydrogen-bond acceptors (Lipinski definition) is 18. The van der Waals surface area contributed by atoms with Crippen LogP contribution in [0.1, 0.15) is 34.6 Å². The first kappa shape index (κ1) is 38.9. The lowest BCUT2D eigenvalue weighted by atomic mass is 10.2. The molecule has 21 nitrogen and oxygen atoms in total. The molecule has 45 heavy (non-hydrogen) atoms. The largest absolute Gasteiger partial charge is 0.510 e. The Hall–Kier alpha value is -4.14. The molecular formula is C23H36N5O16P. The zero-order chi connectivity index (χ0) is 34.3. The Morgan fingerprint density at radius 2 is 1.36 bits per heavy atom. The van der Waals surface area contributed by atoms with Crippen LogP contribution in [-0.2, 0) is 53.4 Å². The van der Waals surface area contributed by atoms with Crippen molar-refractivity contribution in [2.75, 3.05) is 25.7 Å². The molecule has 0 amide bonds. The summed E-state index contributed by atoms with van der Waals surface area (Å²) in [6, 6.07) is 0. The van der Waals surface area contributed by atoms with E-state index in [-0.39, 0.29) is 12.4 Å². The van der Waals surface area contributed by atoms with Gasteiger partial charge in [-0.2, -0.15) is 0 Å². The van der Waals surface area contributed by atoms with E-state index in [9.17, 15) is 23.7 Å². The number of nitrogens with two attached hydrogens (primary N) is 1. The molecule has 2 rings (SSSR count). The summed E-state index contributed by atoms with van der Waals surface area (Å²) in [5.74, 6) is -3.30. The number of aliphatic hydroxyl groups excluding tert-OH is 2. The molecule has 0 radical (unpaired) electrons. The molecule has 2 aromatic heterocycles. The molecule has 6 N–H and O–H groups in total. The molecule has 2 heterocycles. The van der Waals surface area contributed by atoms with Crippen molar-refractivity contribution < 1.29 is 76.9 Å². The summed E-state index contributed by atoms with van der Waals surface area (Å²) < 4.78 is 49.7. The van der Waals surface area contributed by atoms with E-state index in [1.165, 1.54) is 12.7 Å². The van der Waals surface area contributed by atoms with Crippen LogP contribution in [0.3, 0.4) is 0 Å². The van der Waals surface area contributed by atoms with Gasteiger partial charge in [0.25, 0.3) is 0 Å². The molecule has 0 aliphatic carbocycles. The van der Waals surface area contributed by atoms with E-state index in [0.29, 0.717) is 11.2 Å². The predicted molar refractivity (Wildman–Crippen MR) is 147 cm³/mol. The summed E-state index contributed by atoms with van der Waals surface area (Å²) in [7, 11) is -4.06. The number of carbonyl (C=O) groups is 4. The highest BCUT2D eigenvalue weighted by atomic mass is 31.2. The fourth-order valence-corrected chi connectivity index (χ4v) is 3.81. The van der Waals surface area contributed by atoms with Gasteiger partial charge < -0.3 is 54.4 Å². The molecule has 2 unspecified atom stereocenters. The number of carboxylic acid groups (broad SMARTS) is 2. The molecule has 0 bridgehead atoms. The summed E-state index contributed by atoms with van der Waals surface area (Å²) in [6.07, 6.45) is -5.67. The maximum atomic E-state index is 13.1. The molecule has 3 atom stereocenters. The number of carbonyl (C=O) groups excluding carboxylic acids is 2. The first-order valence-electron chi connectivity index (χ1n) is 12.8. The van der Waals surface area contributed by atoms with Crippen LogP contribution in [0.4, 0.5) is 15.4 Å². The Morgan fingerprint density at radius 3 is 1.80 bits per heavy atom. The molecule has 2 aromatic rings. The van der Waals surface area contributed by atoms with Crippen molar-refractivity contribution in [2.24, 2.45) is 0 Å². The van der Waals surface area contributed by atoms with Crippen LogP contribution >= 0.6 is 7.60 Å². The van der Waals surface area contributed by atoms with Crippen LogP contribution in [0.25, 0.3) is 11.2 Å². The highest BCUT2D eigenvalue weighted by molar-refractivity contribution is 7.53.